The van der Waals surface area contributed by atoms with Gasteiger partial charge in [-0.1, -0.05) is 17.7 Å². The SMILES string of the molecule is Cc1ccc(OCCN(C)C(=O)c2cc([N+](=O)[O-])cc([N+](=O)[O-])c2)cc1. The lowest BCUT2D eigenvalue weighted by atomic mass is 10.1. The predicted molar refractivity (Wildman–Crippen MR) is 93.4 cm³/mol. The number of ether oxygens (including phenoxy) is 1. The van der Waals surface area contributed by atoms with Gasteiger partial charge in [-0.05, 0) is 19.1 Å². The van der Waals surface area contributed by atoms with E-state index in [0.29, 0.717) is 5.75 Å². The number of hydrogen-bond donors (Lipinski definition) is 0. The molecule has 9 heteroatoms. The number of nitrogens with zero attached hydrogens (tertiary/aromatic N) is 3. The van der Waals surface area contributed by atoms with Crippen LogP contribution in [0.3, 0.4) is 0 Å². The Morgan fingerprint density at radius 2 is 1.58 bits per heavy atom. The molecule has 0 saturated heterocycles. The van der Waals surface area contributed by atoms with Crippen molar-refractivity contribution >= 4 is 17.3 Å². The number of amides is 1. The first-order valence-electron chi connectivity index (χ1n) is 7.66. The van der Waals surface area contributed by atoms with E-state index < -0.39 is 27.1 Å². The normalized spacial score (nSPS) is 10.2. The smallest absolute Gasteiger partial charge is 0.277 e. The number of rotatable bonds is 7. The molecule has 0 aliphatic heterocycles. The molecule has 0 N–H and O–H groups in total. The van der Waals surface area contributed by atoms with Crippen LogP contribution in [0.4, 0.5) is 11.4 Å². The Morgan fingerprint density at radius 3 is 2.08 bits per heavy atom. The topological polar surface area (TPSA) is 116 Å². The van der Waals surface area contributed by atoms with E-state index in [1.165, 1.54) is 11.9 Å². The van der Waals surface area contributed by atoms with Crippen molar-refractivity contribution in [3.05, 3.63) is 73.8 Å². The molecule has 0 bridgehead atoms. The third kappa shape index (κ3) is 4.76. The molecule has 2 rings (SSSR count). The highest BCUT2D eigenvalue weighted by atomic mass is 16.6. The summed E-state index contributed by atoms with van der Waals surface area (Å²) < 4.78 is 5.53. The average Bonchev–Trinajstić information content (AvgIpc) is 2.62. The minimum atomic E-state index is -0.774. The lowest BCUT2D eigenvalue weighted by Gasteiger charge is -2.17. The molecule has 2 aromatic rings. The number of nitro benzene ring substituents is 2. The lowest BCUT2D eigenvalue weighted by molar-refractivity contribution is -0.394. The molecule has 0 unspecified atom stereocenters. The summed E-state index contributed by atoms with van der Waals surface area (Å²) in [7, 11) is 1.49. The molecule has 0 saturated carbocycles. The number of nitro groups is 2. The van der Waals surface area contributed by atoms with Gasteiger partial charge in [-0.25, -0.2) is 0 Å². The molecule has 0 aromatic heterocycles. The Hall–Kier alpha value is -3.49. The maximum Gasteiger partial charge on any atom is 0.277 e. The van der Waals surface area contributed by atoms with Gasteiger partial charge in [0.15, 0.2) is 0 Å². The average molecular weight is 359 g/mol. The van der Waals surface area contributed by atoms with Gasteiger partial charge in [0, 0.05) is 19.2 Å². The van der Waals surface area contributed by atoms with Gasteiger partial charge in [0.05, 0.1) is 28.0 Å². The molecule has 0 radical (unpaired) electrons. The van der Waals surface area contributed by atoms with Crippen molar-refractivity contribution in [2.24, 2.45) is 0 Å². The van der Waals surface area contributed by atoms with Crippen LogP contribution in [0, 0.1) is 27.2 Å². The number of non-ortho nitro benzene ring substituents is 2. The van der Waals surface area contributed by atoms with Crippen molar-refractivity contribution in [3.8, 4) is 5.75 Å². The first-order chi connectivity index (χ1) is 12.3. The van der Waals surface area contributed by atoms with E-state index in [9.17, 15) is 25.0 Å². The van der Waals surface area contributed by atoms with Crippen molar-refractivity contribution in [2.45, 2.75) is 6.92 Å². The van der Waals surface area contributed by atoms with Crippen LogP contribution in [0.2, 0.25) is 0 Å². The van der Waals surface area contributed by atoms with Crippen molar-refractivity contribution in [2.75, 3.05) is 20.2 Å². The summed E-state index contributed by atoms with van der Waals surface area (Å²) >= 11 is 0. The molecule has 0 heterocycles. The molecule has 0 aliphatic carbocycles. The maximum atomic E-state index is 12.4. The molecular formula is C17H17N3O6. The van der Waals surface area contributed by atoms with Gasteiger partial charge in [0.1, 0.15) is 12.4 Å². The molecule has 136 valence electrons. The first-order valence-corrected chi connectivity index (χ1v) is 7.66. The standard InChI is InChI=1S/C17H17N3O6/c1-12-3-5-16(6-4-12)26-8-7-18(2)17(21)13-9-14(19(22)23)11-15(10-13)20(24)25/h3-6,9-11H,7-8H2,1-2H3. The van der Waals surface area contributed by atoms with E-state index in [0.717, 1.165) is 23.8 Å². The number of aryl methyl sites for hydroxylation is 1. The highest BCUT2D eigenvalue weighted by Gasteiger charge is 2.21. The monoisotopic (exact) mass is 359 g/mol. The van der Waals surface area contributed by atoms with E-state index in [2.05, 4.69) is 0 Å². The Balaban J connectivity index is 2.06. The third-order valence-corrected chi connectivity index (χ3v) is 3.63. The summed E-state index contributed by atoms with van der Waals surface area (Å²) in [4.78, 5) is 34.0. The van der Waals surface area contributed by atoms with Crippen LogP contribution in [0.15, 0.2) is 42.5 Å². The van der Waals surface area contributed by atoms with Crippen LogP contribution < -0.4 is 4.74 Å². The summed E-state index contributed by atoms with van der Waals surface area (Å²) in [5.41, 5.74) is -0.0423. The van der Waals surface area contributed by atoms with Gasteiger partial charge in [0.25, 0.3) is 17.3 Å². The Bertz CT molecular complexity index is 803. The lowest BCUT2D eigenvalue weighted by Crippen LogP contribution is -2.31. The molecule has 0 atom stereocenters. The number of benzene rings is 2. The molecule has 0 fully saturated rings. The number of hydrogen-bond acceptors (Lipinski definition) is 6. The van der Waals surface area contributed by atoms with Gasteiger partial charge in [0.2, 0.25) is 0 Å². The Morgan fingerprint density at radius 1 is 1.04 bits per heavy atom. The van der Waals surface area contributed by atoms with Gasteiger partial charge in [-0.15, -0.1) is 0 Å². The van der Waals surface area contributed by atoms with Crippen LogP contribution in [0.1, 0.15) is 15.9 Å². The van der Waals surface area contributed by atoms with E-state index in [1.807, 2.05) is 19.1 Å². The predicted octanol–water partition coefficient (Wildman–Crippen LogP) is 2.96. The highest BCUT2D eigenvalue weighted by molar-refractivity contribution is 5.95. The zero-order chi connectivity index (χ0) is 19.3. The largest absolute Gasteiger partial charge is 0.492 e. The zero-order valence-electron chi connectivity index (χ0n) is 14.2. The fourth-order valence-electron chi connectivity index (χ4n) is 2.19. The number of likely N-dealkylation sites (N-methyl/N-ethyl adjacent to an activating group) is 1. The van der Waals surface area contributed by atoms with Gasteiger partial charge >= 0.3 is 0 Å². The van der Waals surface area contributed by atoms with Crippen molar-refractivity contribution in [1.82, 2.24) is 4.90 Å². The van der Waals surface area contributed by atoms with Crippen molar-refractivity contribution in [3.63, 3.8) is 0 Å². The fourth-order valence-corrected chi connectivity index (χ4v) is 2.19. The molecule has 2 aromatic carbocycles. The zero-order valence-corrected chi connectivity index (χ0v) is 14.2. The van der Waals surface area contributed by atoms with Crippen molar-refractivity contribution < 1.29 is 19.4 Å². The van der Waals surface area contributed by atoms with Crippen LogP contribution in [-0.2, 0) is 0 Å². The van der Waals surface area contributed by atoms with E-state index >= 15 is 0 Å². The molecule has 0 spiro atoms. The second-order valence-electron chi connectivity index (χ2n) is 5.64. The fraction of sp³-hybridized carbons (Fsp3) is 0.235. The molecule has 9 nitrogen and oxygen atoms in total. The van der Waals surface area contributed by atoms with Crippen LogP contribution in [0.25, 0.3) is 0 Å². The van der Waals surface area contributed by atoms with Crippen LogP contribution >= 0.6 is 0 Å². The Kier molecular flexibility index (Phi) is 5.84. The summed E-state index contributed by atoms with van der Waals surface area (Å²) in [6.07, 6.45) is 0. The third-order valence-electron chi connectivity index (χ3n) is 3.63. The summed E-state index contributed by atoms with van der Waals surface area (Å²) in [6.45, 7) is 2.37. The minimum Gasteiger partial charge on any atom is -0.492 e. The molecule has 0 aliphatic rings. The minimum absolute atomic E-state index is 0.122. The summed E-state index contributed by atoms with van der Waals surface area (Å²) in [5, 5.41) is 21.8. The molecule has 26 heavy (non-hydrogen) atoms. The number of carbonyl (C=O) groups is 1. The maximum absolute atomic E-state index is 12.4. The van der Waals surface area contributed by atoms with E-state index in [4.69, 9.17) is 4.74 Å². The van der Waals surface area contributed by atoms with Gasteiger partial charge in [-0.3, -0.25) is 25.0 Å². The van der Waals surface area contributed by atoms with Gasteiger partial charge < -0.3 is 9.64 Å². The van der Waals surface area contributed by atoms with Gasteiger partial charge in [-0.2, -0.15) is 0 Å². The second-order valence-corrected chi connectivity index (χ2v) is 5.64. The second kappa shape index (κ2) is 8.06. The van der Waals surface area contributed by atoms with E-state index in [-0.39, 0.29) is 18.7 Å². The quantitative estimate of drug-likeness (QED) is 0.554. The number of carbonyl (C=O) groups excluding carboxylic acids is 1. The van der Waals surface area contributed by atoms with E-state index in [1.54, 1.807) is 12.1 Å². The van der Waals surface area contributed by atoms with Crippen molar-refractivity contribution in [1.29, 1.82) is 0 Å². The first kappa shape index (κ1) is 18.8. The summed E-state index contributed by atoms with van der Waals surface area (Å²) in [5.74, 6) is 0.0896. The van der Waals surface area contributed by atoms with Crippen LogP contribution in [0.5, 0.6) is 5.75 Å². The molecular weight excluding hydrogens is 342 g/mol. The Labute approximate surface area is 149 Å². The highest BCUT2D eigenvalue weighted by Crippen LogP contribution is 2.23. The van der Waals surface area contributed by atoms with Crippen LogP contribution in [-0.4, -0.2) is 40.9 Å². The summed E-state index contributed by atoms with van der Waals surface area (Å²) in [6, 6.07) is 10.3. The molecule has 1 amide bonds.